The molecule has 100 valence electrons. The Morgan fingerprint density at radius 3 is 2.80 bits per heavy atom. The first-order valence-corrected chi connectivity index (χ1v) is 6.56. The highest BCUT2D eigenvalue weighted by Gasteiger charge is 2.19. The Morgan fingerprint density at radius 1 is 1.25 bits per heavy atom. The number of rotatable bonds is 2. The molecule has 0 spiro atoms. The molecular weight excluding hydrogens is 250 g/mol. The van der Waals surface area contributed by atoms with E-state index in [1.165, 1.54) is 11.9 Å². The van der Waals surface area contributed by atoms with Crippen molar-refractivity contribution in [2.75, 3.05) is 12.3 Å². The van der Waals surface area contributed by atoms with Gasteiger partial charge in [0.05, 0.1) is 17.3 Å². The highest BCUT2D eigenvalue weighted by molar-refractivity contribution is 5.42. The van der Waals surface area contributed by atoms with Crippen molar-refractivity contribution >= 4 is 5.82 Å². The Balaban J connectivity index is 1.72. The summed E-state index contributed by atoms with van der Waals surface area (Å²) in [5.41, 5.74) is 9.88. The van der Waals surface area contributed by atoms with Gasteiger partial charge < -0.3 is 5.73 Å². The van der Waals surface area contributed by atoms with E-state index in [2.05, 4.69) is 20.9 Å². The van der Waals surface area contributed by atoms with Gasteiger partial charge >= 0.3 is 0 Å². The summed E-state index contributed by atoms with van der Waals surface area (Å²) in [6.07, 6.45) is 2.41. The molecule has 0 atom stereocenters. The molecule has 3 rings (SSSR count). The Labute approximate surface area is 117 Å². The summed E-state index contributed by atoms with van der Waals surface area (Å²) in [4.78, 5) is 10.7. The minimum Gasteiger partial charge on any atom is -0.383 e. The van der Waals surface area contributed by atoms with Crippen LogP contribution in [0.5, 0.6) is 0 Å². The lowest BCUT2D eigenvalue weighted by atomic mass is 10.0. The first-order valence-electron chi connectivity index (χ1n) is 6.56. The molecule has 5 nitrogen and oxygen atoms in total. The summed E-state index contributed by atoms with van der Waals surface area (Å²) in [6.45, 7) is 2.60. The number of nitriles is 1. The van der Waals surface area contributed by atoms with Crippen LogP contribution in [0.15, 0.2) is 30.6 Å². The van der Waals surface area contributed by atoms with E-state index in [0.29, 0.717) is 11.4 Å². The van der Waals surface area contributed by atoms with E-state index in [1.54, 1.807) is 0 Å². The number of hydrogen-bond acceptors (Lipinski definition) is 5. The summed E-state index contributed by atoms with van der Waals surface area (Å²) in [6, 6.07) is 9.85. The van der Waals surface area contributed by atoms with Gasteiger partial charge in [-0.05, 0) is 24.1 Å². The van der Waals surface area contributed by atoms with Crippen LogP contribution in [0, 0.1) is 11.3 Å². The zero-order chi connectivity index (χ0) is 13.9. The minimum absolute atomic E-state index is 0.605. The monoisotopic (exact) mass is 265 g/mol. The first kappa shape index (κ1) is 12.6. The second-order valence-corrected chi connectivity index (χ2v) is 4.95. The summed E-state index contributed by atoms with van der Waals surface area (Å²) < 4.78 is 0. The van der Waals surface area contributed by atoms with E-state index >= 15 is 0 Å². The molecule has 2 heterocycles. The van der Waals surface area contributed by atoms with E-state index < -0.39 is 0 Å². The van der Waals surface area contributed by atoms with Crippen LogP contribution in [0.25, 0.3) is 0 Å². The van der Waals surface area contributed by atoms with Crippen LogP contribution in [-0.2, 0) is 19.5 Å². The topological polar surface area (TPSA) is 78.8 Å². The lowest BCUT2D eigenvalue weighted by molar-refractivity contribution is 0.241. The van der Waals surface area contributed by atoms with E-state index in [9.17, 15) is 0 Å². The second-order valence-electron chi connectivity index (χ2n) is 4.95. The maximum Gasteiger partial charge on any atom is 0.130 e. The average Bonchev–Trinajstić information content (AvgIpc) is 2.48. The zero-order valence-corrected chi connectivity index (χ0v) is 11.1. The number of fused-ring (bicyclic) bond motifs is 1. The summed E-state index contributed by atoms with van der Waals surface area (Å²) >= 11 is 0. The van der Waals surface area contributed by atoms with Crippen molar-refractivity contribution in [1.29, 1.82) is 5.26 Å². The zero-order valence-electron chi connectivity index (χ0n) is 11.1. The number of aromatic nitrogens is 2. The van der Waals surface area contributed by atoms with Gasteiger partial charge in [-0.2, -0.15) is 5.26 Å². The number of nitrogen functional groups attached to an aromatic ring is 1. The van der Waals surface area contributed by atoms with E-state index in [1.807, 2.05) is 24.3 Å². The standard InChI is InChI=1S/C15H15N5/c16-7-11-1-3-12(4-2-11)8-20-6-5-13-14(9-20)18-10-19-15(13)17/h1-4,10H,5-6,8-9H2,(H2,17,18,19). The van der Waals surface area contributed by atoms with Crippen LogP contribution in [0.1, 0.15) is 22.4 Å². The summed E-state index contributed by atoms with van der Waals surface area (Å²) in [5, 5.41) is 8.80. The molecule has 5 heteroatoms. The van der Waals surface area contributed by atoms with Gasteiger partial charge in [0.1, 0.15) is 12.1 Å². The quantitative estimate of drug-likeness (QED) is 0.890. The maximum atomic E-state index is 8.80. The normalized spacial score (nSPS) is 14.6. The third kappa shape index (κ3) is 2.46. The molecule has 0 amide bonds. The highest BCUT2D eigenvalue weighted by Crippen LogP contribution is 2.21. The number of hydrogen-bond donors (Lipinski definition) is 1. The molecule has 0 unspecified atom stereocenters. The maximum absolute atomic E-state index is 8.80. The molecule has 1 aromatic heterocycles. The fourth-order valence-corrected chi connectivity index (χ4v) is 2.51. The van der Waals surface area contributed by atoms with Gasteiger partial charge in [-0.1, -0.05) is 12.1 Å². The molecule has 1 aromatic carbocycles. The second kappa shape index (κ2) is 5.27. The Morgan fingerprint density at radius 2 is 2.05 bits per heavy atom. The minimum atomic E-state index is 0.605. The van der Waals surface area contributed by atoms with Gasteiger partial charge in [0.2, 0.25) is 0 Å². The third-order valence-corrected chi connectivity index (χ3v) is 3.61. The summed E-state index contributed by atoms with van der Waals surface area (Å²) in [5.74, 6) is 0.605. The van der Waals surface area contributed by atoms with Crippen molar-refractivity contribution in [1.82, 2.24) is 14.9 Å². The van der Waals surface area contributed by atoms with Gasteiger partial charge in [0.25, 0.3) is 0 Å². The Hall–Kier alpha value is -2.45. The molecular formula is C15H15N5. The van der Waals surface area contributed by atoms with Crippen LogP contribution in [0.2, 0.25) is 0 Å². The van der Waals surface area contributed by atoms with E-state index in [-0.39, 0.29) is 0 Å². The third-order valence-electron chi connectivity index (χ3n) is 3.61. The van der Waals surface area contributed by atoms with Crippen molar-refractivity contribution in [3.8, 4) is 6.07 Å². The molecule has 2 aromatic rings. The van der Waals surface area contributed by atoms with Gasteiger partial charge in [0, 0.05) is 25.2 Å². The van der Waals surface area contributed by atoms with Gasteiger partial charge in [-0.15, -0.1) is 0 Å². The number of benzene rings is 1. The molecule has 2 N–H and O–H groups in total. The van der Waals surface area contributed by atoms with Crippen LogP contribution in [-0.4, -0.2) is 21.4 Å². The number of nitrogens with zero attached hydrogens (tertiary/aromatic N) is 4. The summed E-state index contributed by atoms with van der Waals surface area (Å²) in [7, 11) is 0. The average molecular weight is 265 g/mol. The van der Waals surface area contributed by atoms with Crippen LogP contribution < -0.4 is 5.73 Å². The molecule has 0 saturated heterocycles. The van der Waals surface area contributed by atoms with Gasteiger partial charge in [-0.3, -0.25) is 4.90 Å². The van der Waals surface area contributed by atoms with E-state index in [4.69, 9.17) is 11.0 Å². The smallest absolute Gasteiger partial charge is 0.130 e. The molecule has 20 heavy (non-hydrogen) atoms. The predicted octanol–water partition coefficient (Wildman–Crippen LogP) is 1.49. The van der Waals surface area contributed by atoms with Crippen LogP contribution in [0.4, 0.5) is 5.82 Å². The van der Waals surface area contributed by atoms with Crippen molar-refractivity contribution in [3.63, 3.8) is 0 Å². The molecule has 0 aliphatic carbocycles. The van der Waals surface area contributed by atoms with Crippen molar-refractivity contribution in [2.45, 2.75) is 19.5 Å². The lowest BCUT2D eigenvalue weighted by Gasteiger charge is -2.28. The van der Waals surface area contributed by atoms with Gasteiger partial charge in [-0.25, -0.2) is 9.97 Å². The molecule has 0 radical (unpaired) electrons. The lowest BCUT2D eigenvalue weighted by Crippen LogP contribution is -2.31. The van der Waals surface area contributed by atoms with E-state index in [0.717, 1.165) is 37.3 Å². The Bertz CT molecular complexity index is 657. The fourth-order valence-electron chi connectivity index (χ4n) is 2.51. The first-order chi connectivity index (χ1) is 9.76. The van der Waals surface area contributed by atoms with Crippen molar-refractivity contribution in [2.24, 2.45) is 0 Å². The largest absolute Gasteiger partial charge is 0.383 e. The highest BCUT2D eigenvalue weighted by atomic mass is 15.1. The van der Waals surface area contributed by atoms with Crippen LogP contribution >= 0.6 is 0 Å². The molecule has 0 bridgehead atoms. The molecule has 1 aliphatic rings. The van der Waals surface area contributed by atoms with Crippen molar-refractivity contribution in [3.05, 3.63) is 53.0 Å². The molecule has 0 fully saturated rings. The molecule has 1 aliphatic heterocycles. The van der Waals surface area contributed by atoms with Crippen molar-refractivity contribution < 1.29 is 0 Å². The van der Waals surface area contributed by atoms with Gasteiger partial charge in [0.15, 0.2) is 0 Å². The predicted molar refractivity (Wildman–Crippen MR) is 75.4 cm³/mol. The number of anilines is 1. The number of nitrogens with two attached hydrogens (primary N) is 1. The Kier molecular flexibility index (Phi) is 3.32. The SMILES string of the molecule is N#Cc1ccc(CN2CCc3c(N)ncnc3C2)cc1. The fraction of sp³-hybridized carbons (Fsp3) is 0.267. The van der Waals surface area contributed by atoms with Crippen LogP contribution in [0.3, 0.4) is 0 Å². The molecule has 0 saturated carbocycles.